The van der Waals surface area contributed by atoms with Crippen molar-refractivity contribution in [2.24, 2.45) is 17.8 Å². The minimum Gasteiger partial charge on any atom is -0.394 e. The van der Waals surface area contributed by atoms with Crippen LogP contribution in [0.15, 0.2) is 25.3 Å². The molecule has 9 heteroatoms. The van der Waals surface area contributed by atoms with Gasteiger partial charge < -0.3 is 19.8 Å². The third-order valence-corrected chi connectivity index (χ3v) is 11.7. The Labute approximate surface area is 247 Å². The predicted molar refractivity (Wildman–Crippen MR) is 163 cm³/mol. The van der Waals surface area contributed by atoms with Crippen LogP contribution in [0.3, 0.4) is 0 Å². The van der Waals surface area contributed by atoms with Gasteiger partial charge in [-0.25, -0.2) is 0 Å². The van der Waals surface area contributed by atoms with Gasteiger partial charge in [-0.15, -0.1) is 24.9 Å². The zero-order valence-corrected chi connectivity index (χ0v) is 26.6. The molecule has 2 bridgehead atoms. The molecular weight excluding hydrogens is 578 g/mol. The van der Waals surface area contributed by atoms with Crippen molar-refractivity contribution in [3.63, 3.8) is 0 Å². The standard InChI is InChI=1S/C30H48BrN3O4S/c1-7-11-12-16-33(15-10-4)29(38)26-30-18-22(31)25(39-30)23(27(36)32(13-8-2)14-9-3)24(30)28(37)34(26)21(19-35)17-20(5)6/h8,10,20-26,35H,2,4,7,9,11-19H2,1,3,5-6H3/t21-,22?,23+,24+,25+,26?,30?/m1/s1. The van der Waals surface area contributed by atoms with E-state index in [1.165, 1.54) is 0 Å². The van der Waals surface area contributed by atoms with Gasteiger partial charge in [0, 0.05) is 36.3 Å². The van der Waals surface area contributed by atoms with E-state index in [2.05, 4.69) is 49.9 Å². The number of aliphatic hydroxyl groups excluding tert-OH is 1. The molecule has 0 radical (unpaired) electrons. The van der Waals surface area contributed by atoms with Gasteiger partial charge in [0.15, 0.2) is 0 Å². The molecule has 1 spiro atoms. The highest BCUT2D eigenvalue weighted by Gasteiger charge is 2.76. The van der Waals surface area contributed by atoms with Crippen LogP contribution < -0.4 is 0 Å². The molecule has 0 saturated carbocycles. The largest absolute Gasteiger partial charge is 0.394 e. The molecule has 3 rings (SSSR count). The molecule has 0 aromatic heterocycles. The summed E-state index contributed by atoms with van der Waals surface area (Å²) in [5.41, 5.74) is 0. The second-order valence-corrected chi connectivity index (χ2v) is 14.4. The highest BCUT2D eigenvalue weighted by molar-refractivity contribution is 9.09. The van der Waals surface area contributed by atoms with Crippen LogP contribution in [0.5, 0.6) is 0 Å². The maximum absolute atomic E-state index is 14.5. The third kappa shape index (κ3) is 6.15. The Morgan fingerprint density at radius 1 is 1.13 bits per heavy atom. The Balaban J connectivity index is 2.11. The van der Waals surface area contributed by atoms with E-state index in [4.69, 9.17) is 0 Å². The number of amides is 3. The molecule has 0 aliphatic carbocycles. The number of likely N-dealkylation sites (tertiary alicyclic amines) is 1. The fourth-order valence-electron chi connectivity index (χ4n) is 6.94. The molecule has 1 N–H and O–H groups in total. The second kappa shape index (κ2) is 14.0. The number of halogens is 1. The van der Waals surface area contributed by atoms with Gasteiger partial charge >= 0.3 is 0 Å². The van der Waals surface area contributed by atoms with Crippen LogP contribution >= 0.6 is 27.7 Å². The van der Waals surface area contributed by atoms with Gasteiger partial charge in [-0.1, -0.05) is 68.6 Å². The summed E-state index contributed by atoms with van der Waals surface area (Å²) in [7, 11) is 0. The second-order valence-electron chi connectivity index (χ2n) is 11.7. The summed E-state index contributed by atoms with van der Waals surface area (Å²) in [6, 6.07) is -1.20. The molecule has 0 aromatic rings. The summed E-state index contributed by atoms with van der Waals surface area (Å²) >= 11 is 5.52. The molecule has 3 fully saturated rings. The molecule has 0 aromatic carbocycles. The number of nitrogens with zero attached hydrogens (tertiary/aromatic N) is 3. The van der Waals surface area contributed by atoms with Crippen molar-refractivity contribution < 1.29 is 19.5 Å². The summed E-state index contributed by atoms with van der Waals surface area (Å²) in [5, 5.41) is 10.4. The highest BCUT2D eigenvalue weighted by Crippen LogP contribution is 2.68. The molecule has 3 saturated heterocycles. The van der Waals surface area contributed by atoms with E-state index in [0.717, 1.165) is 25.7 Å². The average Bonchev–Trinajstić information content (AvgIpc) is 3.49. The summed E-state index contributed by atoms with van der Waals surface area (Å²) in [5.74, 6) is -1.13. The van der Waals surface area contributed by atoms with Crippen molar-refractivity contribution in [2.45, 2.75) is 93.1 Å². The Morgan fingerprint density at radius 3 is 2.31 bits per heavy atom. The van der Waals surface area contributed by atoms with E-state index in [1.807, 2.05) is 16.7 Å². The smallest absolute Gasteiger partial charge is 0.247 e. The number of thioether (sulfide) groups is 1. The quantitative estimate of drug-likeness (QED) is 0.155. The van der Waals surface area contributed by atoms with E-state index in [9.17, 15) is 19.5 Å². The maximum Gasteiger partial charge on any atom is 0.247 e. The predicted octanol–water partition coefficient (Wildman–Crippen LogP) is 4.49. The van der Waals surface area contributed by atoms with E-state index in [0.29, 0.717) is 39.0 Å². The van der Waals surface area contributed by atoms with Gasteiger partial charge in [-0.05, 0) is 31.6 Å². The fourth-order valence-corrected chi connectivity index (χ4v) is 10.5. The number of aliphatic hydroxyl groups is 1. The number of hydrogen-bond donors (Lipinski definition) is 1. The lowest BCUT2D eigenvalue weighted by atomic mass is 9.70. The van der Waals surface area contributed by atoms with Crippen LogP contribution in [0.4, 0.5) is 0 Å². The van der Waals surface area contributed by atoms with E-state index in [1.54, 1.807) is 28.8 Å². The fraction of sp³-hybridized carbons (Fsp3) is 0.767. The summed E-state index contributed by atoms with van der Waals surface area (Å²) in [6.45, 7) is 17.9. The lowest BCUT2D eigenvalue weighted by molar-refractivity contribution is -0.147. The average molecular weight is 627 g/mol. The van der Waals surface area contributed by atoms with Crippen LogP contribution in [0, 0.1) is 17.8 Å². The number of unbranched alkanes of at least 4 members (excludes halogenated alkanes) is 2. The first-order valence-electron chi connectivity index (χ1n) is 14.7. The van der Waals surface area contributed by atoms with Crippen LogP contribution in [0.25, 0.3) is 0 Å². The molecule has 3 heterocycles. The Morgan fingerprint density at radius 2 is 1.77 bits per heavy atom. The van der Waals surface area contributed by atoms with Crippen molar-refractivity contribution >= 4 is 45.4 Å². The lowest BCUT2D eigenvalue weighted by Gasteiger charge is -2.40. The maximum atomic E-state index is 14.5. The number of alkyl halides is 1. The van der Waals surface area contributed by atoms with Crippen molar-refractivity contribution in [2.75, 3.05) is 32.8 Å². The van der Waals surface area contributed by atoms with E-state index < -0.39 is 28.7 Å². The molecule has 3 amide bonds. The van der Waals surface area contributed by atoms with Crippen molar-refractivity contribution in [1.29, 1.82) is 0 Å². The van der Waals surface area contributed by atoms with Crippen LogP contribution in [-0.2, 0) is 14.4 Å². The highest BCUT2D eigenvalue weighted by atomic mass is 79.9. The molecule has 3 aliphatic rings. The molecule has 39 heavy (non-hydrogen) atoms. The molecule has 7 atom stereocenters. The van der Waals surface area contributed by atoms with Gasteiger partial charge in [0.1, 0.15) is 6.04 Å². The van der Waals surface area contributed by atoms with Crippen molar-refractivity contribution in [3.8, 4) is 0 Å². The number of rotatable bonds is 16. The first-order chi connectivity index (χ1) is 18.6. The van der Waals surface area contributed by atoms with E-state index in [-0.39, 0.29) is 40.3 Å². The topological polar surface area (TPSA) is 81.2 Å². The zero-order valence-electron chi connectivity index (χ0n) is 24.2. The summed E-state index contributed by atoms with van der Waals surface area (Å²) in [6.07, 6.45) is 8.47. The number of carbonyl (C=O) groups excluding carboxylic acids is 3. The van der Waals surface area contributed by atoms with Gasteiger partial charge in [0.05, 0.1) is 29.2 Å². The van der Waals surface area contributed by atoms with Crippen molar-refractivity contribution in [1.82, 2.24) is 14.7 Å². The first-order valence-corrected chi connectivity index (χ1v) is 16.5. The Bertz CT molecular complexity index is 917. The SMILES string of the molecule is C=CCN(CCCCC)C(=O)C1N([C@@H](CO)CC(C)C)C(=O)[C@@H]2[C@H](C(=O)N(CC=C)CCC)[C@H]3SC12CC3Br. The van der Waals surface area contributed by atoms with Gasteiger partial charge in [0.25, 0.3) is 0 Å². The van der Waals surface area contributed by atoms with Gasteiger partial charge in [-0.2, -0.15) is 0 Å². The van der Waals surface area contributed by atoms with Crippen LogP contribution in [0.2, 0.25) is 0 Å². The Kier molecular flexibility index (Phi) is 11.6. The summed E-state index contributed by atoms with van der Waals surface area (Å²) in [4.78, 5) is 48.4. The zero-order chi connectivity index (χ0) is 28.9. The number of carbonyl (C=O) groups is 3. The minimum atomic E-state index is -0.723. The van der Waals surface area contributed by atoms with Crippen molar-refractivity contribution in [3.05, 3.63) is 25.3 Å². The van der Waals surface area contributed by atoms with Gasteiger partial charge in [-0.3, -0.25) is 14.4 Å². The summed E-state index contributed by atoms with van der Waals surface area (Å²) < 4.78 is -0.714. The van der Waals surface area contributed by atoms with E-state index >= 15 is 0 Å². The normalized spacial score (nSPS) is 30.0. The Hall–Kier alpha value is -1.32. The molecule has 3 unspecified atom stereocenters. The van der Waals surface area contributed by atoms with Crippen LogP contribution in [-0.4, -0.2) is 97.2 Å². The molecular formula is C30H48BrN3O4S. The number of hydrogen-bond acceptors (Lipinski definition) is 5. The molecule has 3 aliphatic heterocycles. The molecule has 220 valence electrons. The molecule has 7 nitrogen and oxygen atoms in total. The number of fused-ring (bicyclic) bond motifs is 1. The minimum absolute atomic E-state index is 0.0218. The first kappa shape index (κ1) is 32.2. The van der Waals surface area contributed by atoms with Crippen LogP contribution in [0.1, 0.15) is 66.2 Å². The van der Waals surface area contributed by atoms with Gasteiger partial charge in [0.2, 0.25) is 17.7 Å². The lowest BCUT2D eigenvalue weighted by Crippen LogP contribution is -2.58. The monoisotopic (exact) mass is 625 g/mol. The third-order valence-electron chi connectivity index (χ3n) is 8.44.